The first-order chi connectivity index (χ1) is 9.46. The number of likely N-dealkylation sites (tertiary alicyclic amines) is 1. The molecule has 1 N–H and O–H groups in total. The maximum absolute atomic E-state index is 12.3. The van der Waals surface area contributed by atoms with Crippen molar-refractivity contribution in [2.75, 3.05) is 11.5 Å². The number of imide groups is 1. The largest absolute Gasteiger partial charge is 0.302 e. The molecule has 0 bridgehead atoms. The zero-order valence-electron chi connectivity index (χ0n) is 11.4. The van der Waals surface area contributed by atoms with Crippen LogP contribution in [0.4, 0.5) is 0 Å². The van der Waals surface area contributed by atoms with Crippen LogP contribution in [0.15, 0.2) is 0 Å². The highest BCUT2D eigenvalue weighted by molar-refractivity contribution is 7.91. The fourth-order valence-electron chi connectivity index (χ4n) is 3.54. The van der Waals surface area contributed by atoms with Gasteiger partial charge in [0.05, 0.1) is 24.0 Å². The first kappa shape index (κ1) is 14.0. The van der Waals surface area contributed by atoms with Gasteiger partial charge in [0.2, 0.25) is 11.8 Å². The third-order valence-corrected chi connectivity index (χ3v) is 6.31. The van der Waals surface area contributed by atoms with Crippen LogP contribution >= 0.6 is 0 Å². The van der Waals surface area contributed by atoms with Crippen LogP contribution in [0.3, 0.4) is 0 Å². The molecule has 1 aliphatic carbocycles. The predicted octanol–water partition coefficient (Wildman–Crippen LogP) is -0.167. The molecule has 7 heteroatoms. The van der Waals surface area contributed by atoms with E-state index in [4.69, 9.17) is 0 Å². The van der Waals surface area contributed by atoms with Crippen molar-refractivity contribution in [1.29, 1.82) is 0 Å². The zero-order valence-corrected chi connectivity index (χ0v) is 12.2. The first-order valence-corrected chi connectivity index (χ1v) is 9.11. The fraction of sp³-hybridized carbons (Fsp3) is 0.846. The number of amides is 2. The Balaban J connectivity index is 1.64. The molecule has 2 aliphatic heterocycles. The molecular weight excluding hydrogens is 280 g/mol. The first-order valence-electron chi connectivity index (χ1n) is 7.29. The maximum atomic E-state index is 12.3. The van der Waals surface area contributed by atoms with E-state index in [-0.39, 0.29) is 41.8 Å². The van der Waals surface area contributed by atoms with Gasteiger partial charge in [-0.3, -0.25) is 14.5 Å². The minimum Gasteiger partial charge on any atom is -0.302 e. The SMILES string of the molecule is O=C1CC(NC2CCS(=O)(=O)C2)C(=O)N1C1CCCC1. The van der Waals surface area contributed by atoms with Gasteiger partial charge in [0, 0.05) is 12.1 Å². The summed E-state index contributed by atoms with van der Waals surface area (Å²) in [6.07, 6.45) is 4.65. The highest BCUT2D eigenvalue weighted by Crippen LogP contribution is 2.28. The molecule has 2 atom stereocenters. The average Bonchev–Trinajstić information content (AvgIpc) is 3.03. The smallest absolute Gasteiger partial charge is 0.247 e. The fourth-order valence-corrected chi connectivity index (χ4v) is 5.22. The highest BCUT2D eigenvalue weighted by Gasteiger charge is 2.44. The minimum atomic E-state index is -2.97. The number of carbonyl (C=O) groups is 2. The van der Waals surface area contributed by atoms with Gasteiger partial charge in [-0.25, -0.2) is 8.42 Å². The van der Waals surface area contributed by atoms with E-state index >= 15 is 0 Å². The van der Waals surface area contributed by atoms with Crippen LogP contribution in [-0.4, -0.2) is 54.8 Å². The van der Waals surface area contributed by atoms with Gasteiger partial charge in [0.1, 0.15) is 0 Å². The molecule has 2 saturated heterocycles. The number of nitrogens with one attached hydrogen (secondary N) is 1. The van der Waals surface area contributed by atoms with Gasteiger partial charge in [0.25, 0.3) is 0 Å². The lowest BCUT2D eigenvalue weighted by atomic mass is 10.2. The van der Waals surface area contributed by atoms with Crippen molar-refractivity contribution in [2.24, 2.45) is 0 Å². The van der Waals surface area contributed by atoms with E-state index in [0.717, 1.165) is 25.7 Å². The Hall–Kier alpha value is -0.950. The number of rotatable bonds is 3. The molecule has 3 aliphatic rings. The molecule has 0 radical (unpaired) electrons. The number of sulfone groups is 1. The lowest BCUT2D eigenvalue weighted by Crippen LogP contribution is -2.46. The molecule has 0 spiro atoms. The number of hydrogen-bond acceptors (Lipinski definition) is 5. The van der Waals surface area contributed by atoms with E-state index in [1.165, 1.54) is 4.90 Å². The van der Waals surface area contributed by atoms with E-state index in [1.54, 1.807) is 0 Å². The second kappa shape index (κ2) is 5.11. The third kappa shape index (κ3) is 2.61. The zero-order chi connectivity index (χ0) is 14.3. The van der Waals surface area contributed by atoms with Crippen LogP contribution in [0.5, 0.6) is 0 Å². The van der Waals surface area contributed by atoms with Gasteiger partial charge in [-0.15, -0.1) is 0 Å². The summed E-state index contributed by atoms with van der Waals surface area (Å²) in [5.41, 5.74) is 0. The van der Waals surface area contributed by atoms with Crippen molar-refractivity contribution in [3.05, 3.63) is 0 Å². The topological polar surface area (TPSA) is 83.5 Å². The molecule has 2 unspecified atom stereocenters. The second-order valence-corrected chi connectivity index (χ2v) is 8.29. The van der Waals surface area contributed by atoms with Crippen molar-refractivity contribution in [1.82, 2.24) is 10.2 Å². The molecule has 6 nitrogen and oxygen atoms in total. The van der Waals surface area contributed by atoms with Crippen LogP contribution in [0, 0.1) is 0 Å². The van der Waals surface area contributed by atoms with Gasteiger partial charge >= 0.3 is 0 Å². The summed E-state index contributed by atoms with van der Waals surface area (Å²) in [7, 11) is -2.97. The summed E-state index contributed by atoms with van der Waals surface area (Å²) in [4.78, 5) is 25.8. The number of carbonyl (C=O) groups excluding carboxylic acids is 2. The summed E-state index contributed by atoms with van der Waals surface area (Å²) in [5, 5.41) is 3.08. The van der Waals surface area contributed by atoms with Gasteiger partial charge in [0.15, 0.2) is 9.84 Å². The molecule has 2 amide bonds. The summed E-state index contributed by atoms with van der Waals surface area (Å²) < 4.78 is 22.9. The summed E-state index contributed by atoms with van der Waals surface area (Å²) >= 11 is 0. The quantitative estimate of drug-likeness (QED) is 0.732. The Morgan fingerprint density at radius 2 is 1.80 bits per heavy atom. The standard InChI is InChI=1S/C13H20N2O4S/c16-12-7-11(14-9-5-6-20(18,19)8-9)13(17)15(12)10-3-1-2-4-10/h9-11,14H,1-8H2. The van der Waals surface area contributed by atoms with Crippen LogP contribution in [-0.2, 0) is 19.4 Å². The maximum Gasteiger partial charge on any atom is 0.247 e. The second-order valence-electron chi connectivity index (χ2n) is 6.06. The van der Waals surface area contributed by atoms with E-state index in [2.05, 4.69) is 5.32 Å². The molecule has 0 aromatic heterocycles. The molecule has 3 fully saturated rings. The molecule has 1 saturated carbocycles. The Morgan fingerprint density at radius 1 is 1.10 bits per heavy atom. The minimum absolute atomic E-state index is 0.0640. The van der Waals surface area contributed by atoms with Gasteiger partial charge in [-0.2, -0.15) is 0 Å². The molecule has 112 valence electrons. The molecule has 0 aromatic rings. The summed E-state index contributed by atoms with van der Waals surface area (Å²) in [6.45, 7) is 0. The Labute approximate surface area is 118 Å². The lowest BCUT2D eigenvalue weighted by molar-refractivity contribution is -0.141. The van der Waals surface area contributed by atoms with Crippen LogP contribution in [0.1, 0.15) is 38.5 Å². The molecular formula is C13H20N2O4S. The van der Waals surface area contributed by atoms with Crippen molar-refractivity contribution < 1.29 is 18.0 Å². The average molecular weight is 300 g/mol. The van der Waals surface area contributed by atoms with E-state index < -0.39 is 15.9 Å². The molecule has 0 aromatic carbocycles. The van der Waals surface area contributed by atoms with E-state index in [1.807, 2.05) is 0 Å². The van der Waals surface area contributed by atoms with Crippen molar-refractivity contribution in [2.45, 2.75) is 56.7 Å². The summed E-state index contributed by atoms with van der Waals surface area (Å²) in [5.74, 6) is -0.0215. The van der Waals surface area contributed by atoms with Gasteiger partial charge in [-0.1, -0.05) is 12.8 Å². The van der Waals surface area contributed by atoms with Gasteiger partial charge in [-0.05, 0) is 19.3 Å². The lowest BCUT2D eigenvalue weighted by Gasteiger charge is -2.23. The van der Waals surface area contributed by atoms with Crippen LogP contribution in [0.25, 0.3) is 0 Å². The van der Waals surface area contributed by atoms with Crippen molar-refractivity contribution in [3.8, 4) is 0 Å². The highest BCUT2D eigenvalue weighted by atomic mass is 32.2. The Bertz CT molecular complexity index is 524. The monoisotopic (exact) mass is 300 g/mol. The Morgan fingerprint density at radius 3 is 2.40 bits per heavy atom. The number of nitrogens with zero attached hydrogens (tertiary/aromatic N) is 1. The van der Waals surface area contributed by atoms with Gasteiger partial charge < -0.3 is 5.32 Å². The van der Waals surface area contributed by atoms with Crippen molar-refractivity contribution >= 4 is 21.7 Å². The third-order valence-electron chi connectivity index (χ3n) is 4.54. The molecule has 20 heavy (non-hydrogen) atoms. The predicted molar refractivity (Wildman–Crippen MR) is 72.7 cm³/mol. The van der Waals surface area contributed by atoms with Crippen molar-refractivity contribution in [3.63, 3.8) is 0 Å². The molecule has 2 heterocycles. The van der Waals surface area contributed by atoms with Crippen LogP contribution in [0.2, 0.25) is 0 Å². The Kier molecular flexibility index (Phi) is 3.58. The molecule has 3 rings (SSSR count). The van der Waals surface area contributed by atoms with Crippen LogP contribution < -0.4 is 5.32 Å². The summed E-state index contributed by atoms with van der Waals surface area (Å²) in [6, 6.07) is -0.652. The normalized spacial score (nSPS) is 34.3. The van der Waals surface area contributed by atoms with E-state index in [9.17, 15) is 18.0 Å². The number of hydrogen-bond donors (Lipinski definition) is 1. The van der Waals surface area contributed by atoms with E-state index in [0.29, 0.717) is 6.42 Å².